The lowest BCUT2D eigenvalue weighted by Crippen LogP contribution is -2.22. The minimum absolute atomic E-state index is 0.131. The van der Waals surface area contributed by atoms with Crippen LogP contribution in [-0.4, -0.2) is 33.6 Å². The van der Waals surface area contributed by atoms with Gasteiger partial charge in [-0.05, 0) is 12.1 Å². The van der Waals surface area contributed by atoms with Crippen LogP contribution >= 0.6 is 0 Å². The van der Waals surface area contributed by atoms with Crippen molar-refractivity contribution in [2.45, 2.75) is 6.18 Å². The lowest BCUT2D eigenvalue weighted by atomic mass is 10.2. The summed E-state index contributed by atoms with van der Waals surface area (Å²) in [5.74, 6) is -0.616. The second-order valence-electron chi connectivity index (χ2n) is 5.38. The summed E-state index contributed by atoms with van der Waals surface area (Å²) in [5.41, 5.74) is 0.963. The topological polar surface area (TPSA) is 77.0 Å². The molecule has 0 radical (unpaired) electrons. The third kappa shape index (κ3) is 5.00. The van der Waals surface area contributed by atoms with Crippen molar-refractivity contribution in [2.75, 3.05) is 11.9 Å². The Balaban J connectivity index is 1.72. The van der Waals surface area contributed by atoms with Gasteiger partial charge < -0.3 is 10.1 Å². The van der Waals surface area contributed by atoms with E-state index in [-0.39, 0.29) is 11.3 Å². The smallest absolute Gasteiger partial charge is 0.422 e. The summed E-state index contributed by atoms with van der Waals surface area (Å²) in [4.78, 5) is 24.4. The first-order chi connectivity index (χ1) is 12.9. The van der Waals surface area contributed by atoms with Gasteiger partial charge in [0, 0.05) is 11.8 Å². The van der Waals surface area contributed by atoms with Crippen LogP contribution in [0.2, 0.25) is 0 Å². The molecule has 138 valence electrons. The van der Waals surface area contributed by atoms with E-state index in [9.17, 15) is 18.0 Å². The summed E-state index contributed by atoms with van der Waals surface area (Å²) in [7, 11) is 0. The first-order valence-corrected chi connectivity index (χ1v) is 7.76. The van der Waals surface area contributed by atoms with Crippen LogP contribution in [0.5, 0.6) is 5.88 Å². The van der Waals surface area contributed by atoms with E-state index >= 15 is 0 Å². The van der Waals surface area contributed by atoms with Crippen LogP contribution in [0, 0.1) is 0 Å². The maximum Gasteiger partial charge on any atom is 0.422 e. The van der Waals surface area contributed by atoms with Crippen molar-refractivity contribution in [1.82, 2.24) is 15.0 Å². The molecule has 0 aliphatic heterocycles. The highest BCUT2D eigenvalue weighted by molar-refractivity contribution is 6.05. The standard InChI is InChI=1S/C18H13F3N4O2/c19-18(20,21)11-27-17-14(7-4-8-22-17)16(26)25-13-9-23-15(24-10-13)12-5-2-1-3-6-12/h1-10H,11H2,(H,25,26). The summed E-state index contributed by atoms with van der Waals surface area (Å²) in [6.07, 6.45) is -0.494. The number of nitrogens with zero attached hydrogens (tertiary/aromatic N) is 3. The molecule has 0 saturated carbocycles. The van der Waals surface area contributed by atoms with E-state index in [4.69, 9.17) is 0 Å². The zero-order valence-electron chi connectivity index (χ0n) is 13.8. The highest BCUT2D eigenvalue weighted by atomic mass is 19.4. The Bertz CT molecular complexity index is 916. The second kappa shape index (κ2) is 7.81. The molecular formula is C18H13F3N4O2. The number of rotatable bonds is 5. The van der Waals surface area contributed by atoms with E-state index in [1.807, 2.05) is 30.3 Å². The molecule has 27 heavy (non-hydrogen) atoms. The lowest BCUT2D eigenvalue weighted by molar-refractivity contribution is -0.154. The number of halogens is 3. The van der Waals surface area contributed by atoms with E-state index in [0.29, 0.717) is 5.82 Å². The van der Waals surface area contributed by atoms with Gasteiger partial charge in [0.1, 0.15) is 5.56 Å². The first kappa shape index (κ1) is 18.3. The van der Waals surface area contributed by atoms with E-state index in [1.165, 1.54) is 30.7 Å². The maximum absolute atomic E-state index is 12.3. The van der Waals surface area contributed by atoms with Crippen LogP contribution in [0.3, 0.4) is 0 Å². The van der Waals surface area contributed by atoms with Gasteiger partial charge in [0.05, 0.1) is 18.1 Å². The van der Waals surface area contributed by atoms with Crippen LogP contribution in [0.1, 0.15) is 10.4 Å². The fraction of sp³-hybridized carbons (Fsp3) is 0.111. The zero-order chi connectivity index (χ0) is 19.3. The molecule has 3 rings (SSSR count). The molecule has 9 heteroatoms. The molecule has 0 spiro atoms. The van der Waals surface area contributed by atoms with Crippen molar-refractivity contribution in [3.05, 3.63) is 66.6 Å². The Kier molecular flexibility index (Phi) is 5.30. The molecule has 0 aliphatic carbocycles. The predicted molar refractivity (Wildman–Crippen MR) is 91.2 cm³/mol. The van der Waals surface area contributed by atoms with Crippen molar-refractivity contribution in [1.29, 1.82) is 0 Å². The van der Waals surface area contributed by atoms with Gasteiger partial charge in [-0.2, -0.15) is 13.2 Å². The van der Waals surface area contributed by atoms with Crippen molar-refractivity contribution < 1.29 is 22.7 Å². The molecule has 0 saturated heterocycles. The molecular weight excluding hydrogens is 361 g/mol. The molecule has 1 aromatic carbocycles. The quantitative estimate of drug-likeness (QED) is 0.736. The molecule has 0 fully saturated rings. The summed E-state index contributed by atoms with van der Waals surface area (Å²) in [6.45, 7) is -1.54. The van der Waals surface area contributed by atoms with Gasteiger partial charge in [0.25, 0.3) is 5.91 Å². The Morgan fingerprint density at radius 1 is 1.00 bits per heavy atom. The highest BCUT2D eigenvalue weighted by Crippen LogP contribution is 2.21. The van der Waals surface area contributed by atoms with E-state index in [2.05, 4.69) is 25.0 Å². The Hall–Kier alpha value is -3.49. The van der Waals surface area contributed by atoms with Crippen LogP contribution in [0.4, 0.5) is 18.9 Å². The number of hydrogen-bond acceptors (Lipinski definition) is 5. The molecule has 6 nitrogen and oxygen atoms in total. The van der Waals surface area contributed by atoms with Gasteiger partial charge in [0.15, 0.2) is 12.4 Å². The van der Waals surface area contributed by atoms with Crippen LogP contribution < -0.4 is 10.1 Å². The molecule has 2 heterocycles. The molecule has 2 aromatic heterocycles. The van der Waals surface area contributed by atoms with Gasteiger partial charge in [-0.15, -0.1) is 0 Å². The third-order valence-electron chi connectivity index (χ3n) is 3.33. The zero-order valence-corrected chi connectivity index (χ0v) is 13.8. The number of alkyl halides is 3. The van der Waals surface area contributed by atoms with Gasteiger partial charge >= 0.3 is 6.18 Å². The highest BCUT2D eigenvalue weighted by Gasteiger charge is 2.29. The summed E-state index contributed by atoms with van der Waals surface area (Å²) >= 11 is 0. The molecule has 0 bridgehead atoms. The van der Waals surface area contributed by atoms with Crippen molar-refractivity contribution in [3.8, 4) is 17.3 Å². The predicted octanol–water partition coefficient (Wildman–Crippen LogP) is 3.73. The van der Waals surface area contributed by atoms with E-state index in [0.717, 1.165) is 5.56 Å². The molecule has 1 amide bonds. The van der Waals surface area contributed by atoms with Gasteiger partial charge in [-0.3, -0.25) is 4.79 Å². The summed E-state index contributed by atoms with van der Waals surface area (Å²) < 4.78 is 41.6. The number of anilines is 1. The third-order valence-corrected chi connectivity index (χ3v) is 3.33. The number of hydrogen-bond donors (Lipinski definition) is 1. The number of carbonyl (C=O) groups is 1. The average molecular weight is 374 g/mol. The van der Waals surface area contributed by atoms with Crippen LogP contribution in [0.15, 0.2) is 61.1 Å². The lowest BCUT2D eigenvalue weighted by Gasteiger charge is -2.12. The molecule has 3 aromatic rings. The Morgan fingerprint density at radius 2 is 1.70 bits per heavy atom. The fourth-order valence-corrected chi connectivity index (χ4v) is 2.16. The van der Waals surface area contributed by atoms with Crippen LogP contribution in [0.25, 0.3) is 11.4 Å². The SMILES string of the molecule is O=C(Nc1cnc(-c2ccccc2)nc1)c1cccnc1OCC(F)(F)F. The number of nitrogens with one attached hydrogen (secondary N) is 1. The van der Waals surface area contributed by atoms with Crippen LogP contribution in [-0.2, 0) is 0 Å². The van der Waals surface area contributed by atoms with Gasteiger partial charge in [-0.25, -0.2) is 15.0 Å². The summed E-state index contributed by atoms with van der Waals surface area (Å²) in [6, 6.07) is 12.0. The van der Waals surface area contributed by atoms with Crippen molar-refractivity contribution in [3.63, 3.8) is 0 Å². The number of amides is 1. The second-order valence-corrected chi connectivity index (χ2v) is 5.38. The average Bonchev–Trinajstić information content (AvgIpc) is 2.67. The normalized spacial score (nSPS) is 11.1. The van der Waals surface area contributed by atoms with E-state index < -0.39 is 24.6 Å². The number of benzene rings is 1. The fourth-order valence-electron chi connectivity index (χ4n) is 2.16. The Morgan fingerprint density at radius 3 is 2.37 bits per heavy atom. The number of carbonyl (C=O) groups excluding carboxylic acids is 1. The number of aromatic nitrogens is 3. The largest absolute Gasteiger partial charge is 0.467 e. The molecule has 0 atom stereocenters. The molecule has 0 aliphatic rings. The minimum atomic E-state index is -4.54. The number of ether oxygens (including phenoxy) is 1. The number of pyridine rings is 1. The minimum Gasteiger partial charge on any atom is -0.467 e. The molecule has 0 unspecified atom stereocenters. The monoisotopic (exact) mass is 374 g/mol. The van der Waals surface area contributed by atoms with E-state index in [1.54, 1.807) is 0 Å². The maximum atomic E-state index is 12.3. The first-order valence-electron chi connectivity index (χ1n) is 7.76. The van der Waals surface area contributed by atoms with Crippen molar-refractivity contribution >= 4 is 11.6 Å². The van der Waals surface area contributed by atoms with Crippen molar-refractivity contribution in [2.24, 2.45) is 0 Å². The Labute approximate surface area is 152 Å². The van der Waals surface area contributed by atoms with Gasteiger partial charge in [-0.1, -0.05) is 30.3 Å². The van der Waals surface area contributed by atoms with Gasteiger partial charge in [0.2, 0.25) is 5.88 Å². The molecule has 1 N–H and O–H groups in total. The summed E-state index contributed by atoms with van der Waals surface area (Å²) in [5, 5.41) is 2.51.